The maximum atomic E-state index is 11.9. The number of carbonyl (C=O) groups is 1. The van der Waals surface area contributed by atoms with Crippen LogP contribution in [-0.2, 0) is 0 Å². The Labute approximate surface area is 124 Å². The lowest BCUT2D eigenvalue weighted by Gasteiger charge is -2.24. The van der Waals surface area contributed by atoms with Crippen LogP contribution in [0.5, 0.6) is 0 Å². The van der Waals surface area contributed by atoms with Gasteiger partial charge in [-0.05, 0) is 24.3 Å². The van der Waals surface area contributed by atoms with Crippen molar-refractivity contribution in [3.63, 3.8) is 0 Å². The first-order valence-electron chi connectivity index (χ1n) is 5.94. The van der Waals surface area contributed by atoms with E-state index < -0.39 is 4.92 Å². The van der Waals surface area contributed by atoms with Gasteiger partial charge >= 0.3 is 5.00 Å². The summed E-state index contributed by atoms with van der Waals surface area (Å²) in [6.45, 7) is 4.74. The molecule has 1 N–H and O–H groups in total. The number of thiophene rings is 1. The lowest BCUT2D eigenvalue weighted by Crippen LogP contribution is -2.33. The molecular formula is C12H17BrN2O3S. The number of rotatable bonds is 7. The molecule has 0 radical (unpaired) electrons. The van der Waals surface area contributed by atoms with Crippen LogP contribution in [0.2, 0.25) is 0 Å². The first-order valence-corrected chi connectivity index (χ1v) is 7.88. The molecule has 0 aliphatic rings. The molecule has 1 heterocycles. The third-order valence-electron chi connectivity index (χ3n) is 2.71. The Morgan fingerprint density at radius 2 is 2.21 bits per heavy atom. The number of amides is 1. The molecule has 7 heteroatoms. The number of halogens is 1. The topological polar surface area (TPSA) is 72.2 Å². The molecule has 0 fully saturated rings. The average Bonchev–Trinajstić information content (AvgIpc) is 2.83. The van der Waals surface area contributed by atoms with Crippen molar-refractivity contribution in [3.05, 3.63) is 27.1 Å². The van der Waals surface area contributed by atoms with Crippen LogP contribution in [0.4, 0.5) is 5.00 Å². The second-order valence-electron chi connectivity index (χ2n) is 5.03. The van der Waals surface area contributed by atoms with Crippen LogP contribution >= 0.6 is 27.3 Å². The van der Waals surface area contributed by atoms with Crippen molar-refractivity contribution in [2.75, 3.05) is 11.9 Å². The van der Waals surface area contributed by atoms with Gasteiger partial charge in [0.05, 0.1) is 9.80 Å². The number of hydrogen-bond acceptors (Lipinski definition) is 4. The molecule has 0 aliphatic heterocycles. The van der Waals surface area contributed by atoms with Crippen molar-refractivity contribution in [2.45, 2.75) is 26.7 Å². The van der Waals surface area contributed by atoms with E-state index in [-0.39, 0.29) is 16.3 Å². The smallest absolute Gasteiger partial charge is 0.324 e. The third kappa shape index (κ3) is 5.28. The van der Waals surface area contributed by atoms with Crippen LogP contribution in [0, 0.1) is 15.5 Å². The van der Waals surface area contributed by atoms with Gasteiger partial charge in [0, 0.05) is 17.9 Å². The molecule has 19 heavy (non-hydrogen) atoms. The summed E-state index contributed by atoms with van der Waals surface area (Å²) in [5.74, 6) is -0.245. The molecule has 0 atom stereocenters. The van der Waals surface area contributed by atoms with Gasteiger partial charge in [-0.1, -0.05) is 41.1 Å². The molecule has 0 saturated heterocycles. The maximum absolute atomic E-state index is 11.9. The summed E-state index contributed by atoms with van der Waals surface area (Å²) in [6, 6.07) is 2.85. The van der Waals surface area contributed by atoms with Gasteiger partial charge in [-0.2, -0.15) is 0 Å². The van der Waals surface area contributed by atoms with E-state index in [2.05, 4.69) is 35.1 Å². The normalized spacial score (nSPS) is 11.3. The fourth-order valence-electron chi connectivity index (χ4n) is 1.59. The van der Waals surface area contributed by atoms with E-state index in [1.165, 1.54) is 12.1 Å². The summed E-state index contributed by atoms with van der Waals surface area (Å²) >= 11 is 4.28. The standard InChI is InChI=1S/C12H17BrN2O3S/c1-12(2,6-3-7-13)8-14-11(16)9-4-5-10(19-9)15(17)18/h4-5H,3,6-8H2,1-2H3,(H,14,16). The number of nitrogens with one attached hydrogen (secondary N) is 1. The Balaban J connectivity index is 2.52. The van der Waals surface area contributed by atoms with Gasteiger partial charge < -0.3 is 5.32 Å². The number of hydrogen-bond donors (Lipinski definition) is 1. The fourth-order valence-corrected chi connectivity index (χ4v) is 2.61. The summed E-state index contributed by atoms with van der Waals surface area (Å²) in [5, 5.41) is 14.3. The Morgan fingerprint density at radius 3 is 2.74 bits per heavy atom. The minimum atomic E-state index is -0.485. The monoisotopic (exact) mass is 348 g/mol. The van der Waals surface area contributed by atoms with Gasteiger partial charge in [-0.3, -0.25) is 14.9 Å². The number of alkyl halides is 1. The van der Waals surface area contributed by atoms with Gasteiger partial charge in [0.25, 0.3) is 5.91 Å². The zero-order valence-electron chi connectivity index (χ0n) is 10.9. The van der Waals surface area contributed by atoms with Gasteiger partial charge in [0.1, 0.15) is 0 Å². The molecule has 1 rings (SSSR count). The van der Waals surface area contributed by atoms with Crippen LogP contribution in [0.3, 0.4) is 0 Å². The van der Waals surface area contributed by atoms with Crippen LogP contribution < -0.4 is 5.32 Å². The van der Waals surface area contributed by atoms with Crippen LogP contribution in [0.25, 0.3) is 0 Å². The van der Waals surface area contributed by atoms with Crippen molar-refractivity contribution in [3.8, 4) is 0 Å². The molecule has 1 aromatic heterocycles. The van der Waals surface area contributed by atoms with Crippen molar-refractivity contribution < 1.29 is 9.72 Å². The van der Waals surface area contributed by atoms with Crippen molar-refractivity contribution >= 4 is 38.2 Å². The zero-order chi connectivity index (χ0) is 14.5. The predicted octanol–water partition coefficient (Wildman–Crippen LogP) is 3.59. The van der Waals surface area contributed by atoms with Gasteiger partial charge in [0.15, 0.2) is 0 Å². The fraction of sp³-hybridized carbons (Fsp3) is 0.583. The highest BCUT2D eigenvalue weighted by molar-refractivity contribution is 9.09. The van der Waals surface area contributed by atoms with Gasteiger partial charge in [-0.15, -0.1) is 0 Å². The highest BCUT2D eigenvalue weighted by Crippen LogP contribution is 2.25. The Bertz CT molecular complexity index is 460. The lowest BCUT2D eigenvalue weighted by molar-refractivity contribution is -0.380. The van der Waals surface area contributed by atoms with E-state index in [0.717, 1.165) is 29.5 Å². The number of nitrogens with zero attached hydrogens (tertiary/aromatic N) is 1. The molecule has 0 bridgehead atoms. The van der Waals surface area contributed by atoms with Crippen LogP contribution in [0.1, 0.15) is 36.4 Å². The largest absolute Gasteiger partial charge is 0.351 e. The summed E-state index contributed by atoms with van der Waals surface area (Å²) in [5.41, 5.74) is 0.0205. The Hall–Kier alpha value is -0.950. The minimum absolute atomic E-state index is 0.0105. The highest BCUT2D eigenvalue weighted by atomic mass is 79.9. The molecule has 106 valence electrons. The van der Waals surface area contributed by atoms with Crippen molar-refractivity contribution in [1.29, 1.82) is 0 Å². The zero-order valence-corrected chi connectivity index (χ0v) is 13.3. The molecule has 1 aromatic rings. The number of carbonyl (C=O) groups excluding carboxylic acids is 1. The van der Waals surface area contributed by atoms with E-state index in [0.29, 0.717) is 11.4 Å². The summed E-state index contributed by atoms with van der Waals surface area (Å²) in [7, 11) is 0. The van der Waals surface area contributed by atoms with Crippen LogP contribution in [-0.4, -0.2) is 22.7 Å². The van der Waals surface area contributed by atoms with Gasteiger partial charge in [-0.25, -0.2) is 0 Å². The van der Waals surface area contributed by atoms with E-state index >= 15 is 0 Å². The molecule has 0 spiro atoms. The predicted molar refractivity (Wildman–Crippen MR) is 80.1 cm³/mol. The Morgan fingerprint density at radius 1 is 1.53 bits per heavy atom. The molecule has 0 saturated carbocycles. The summed E-state index contributed by atoms with van der Waals surface area (Å²) < 4.78 is 0. The molecule has 0 aromatic carbocycles. The van der Waals surface area contributed by atoms with Crippen molar-refractivity contribution in [1.82, 2.24) is 5.32 Å². The summed E-state index contributed by atoms with van der Waals surface area (Å²) in [4.78, 5) is 22.3. The number of nitro groups is 1. The summed E-state index contributed by atoms with van der Waals surface area (Å²) in [6.07, 6.45) is 2.05. The van der Waals surface area contributed by atoms with E-state index in [1.807, 2.05) is 0 Å². The minimum Gasteiger partial charge on any atom is -0.351 e. The molecule has 1 amide bonds. The van der Waals surface area contributed by atoms with E-state index in [4.69, 9.17) is 0 Å². The SMILES string of the molecule is CC(C)(CCCBr)CNC(=O)c1ccc([N+](=O)[O-])s1. The maximum Gasteiger partial charge on any atom is 0.324 e. The second-order valence-corrected chi connectivity index (χ2v) is 6.89. The first-order chi connectivity index (χ1) is 8.85. The van der Waals surface area contributed by atoms with Crippen molar-refractivity contribution in [2.24, 2.45) is 5.41 Å². The lowest BCUT2D eigenvalue weighted by atomic mass is 9.88. The van der Waals surface area contributed by atoms with E-state index in [9.17, 15) is 14.9 Å². The Kier molecular flexibility index (Phi) is 5.93. The third-order valence-corrected chi connectivity index (χ3v) is 4.31. The quantitative estimate of drug-likeness (QED) is 0.465. The highest BCUT2D eigenvalue weighted by Gasteiger charge is 2.20. The molecule has 0 aliphatic carbocycles. The second kappa shape index (κ2) is 7.00. The average molecular weight is 349 g/mol. The van der Waals surface area contributed by atoms with E-state index in [1.54, 1.807) is 0 Å². The first kappa shape index (κ1) is 16.1. The van der Waals surface area contributed by atoms with Gasteiger partial charge in [0.2, 0.25) is 0 Å². The molecule has 0 unspecified atom stereocenters. The van der Waals surface area contributed by atoms with Crippen LogP contribution in [0.15, 0.2) is 12.1 Å². The molecule has 5 nitrogen and oxygen atoms in total. The molecular weight excluding hydrogens is 332 g/mol.